The summed E-state index contributed by atoms with van der Waals surface area (Å²) in [5, 5.41) is 14.0. The molecule has 0 fully saturated rings. The van der Waals surface area contributed by atoms with Crippen LogP contribution in [0.5, 0.6) is 0 Å². The molecule has 0 aromatic heterocycles. The van der Waals surface area contributed by atoms with Gasteiger partial charge in [-0.1, -0.05) is 330 Å². The lowest BCUT2D eigenvalue weighted by molar-refractivity contribution is -0.870. The van der Waals surface area contributed by atoms with Crippen molar-refractivity contribution in [2.45, 2.75) is 341 Å². The van der Waals surface area contributed by atoms with E-state index in [2.05, 4.69) is 92.1 Å². The number of amides is 1. The number of nitrogens with one attached hydrogen (secondary N) is 1. The fraction of sp³-hybridized carbons (Fsp3) is 0.797. The van der Waals surface area contributed by atoms with Gasteiger partial charge >= 0.3 is 7.82 Å². The number of likely N-dealkylation sites (N-methyl/N-ethyl adjacent to an activating group) is 1. The average Bonchev–Trinajstić information content (AvgIpc) is 3.50. The first kappa shape index (κ1) is 80.7. The topological polar surface area (TPSA) is 105 Å². The molecule has 0 spiro atoms. The Hall–Kier alpha value is -2.32. The number of aliphatic hydroxyl groups is 1. The van der Waals surface area contributed by atoms with Gasteiger partial charge in [0.1, 0.15) is 13.2 Å². The average molecular weight is 1180 g/mol. The highest BCUT2D eigenvalue weighted by Crippen LogP contribution is 2.43. The molecule has 0 saturated carbocycles. The van der Waals surface area contributed by atoms with Gasteiger partial charge in [0.25, 0.3) is 0 Å². The number of quaternary nitrogens is 1. The molecule has 3 unspecified atom stereocenters. The van der Waals surface area contributed by atoms with Crippen molar-refractivity contribution in [2.24, 2.45) is 0 Å². The minimum Gasteiger partial charge on any atom is -0.387 e. The molecule has 0 aliphatic carbocycles. The summed E-state index contributed by atoms with van der Waals surface area (Å²) in [6, 6.07) is -0.867. The van der Waals surface area contributed by atoms with Crippen LogP contribution in [0.4, 0.5) is 0 Å². The predicted octanol–water partition coefficient (Wildman–Crippen LogP) is 22.7. The Morgan fingerprint density at radius 2 is 0.735 bits per heavy atom. The second-order valence-corrected chi connectivity index (χ2v) is 26.7. The third-order valence-electron chi connectivity index (χ3n) is 15.8. The standard InChI is InChI=1S/C74H137N2O6P/c1-6-8-10-12-14-16-18-20-22-24-26-28-30-32-33-34-35-36-37-38-39-40-41-42-43-44-46-48-50-52-54-56-58-60-62-64-66-68-74(78)75-72(71-82-83(79,80)81-70-69-76(3,4)5)73(77)67-65-63-61-59-57-55-53-51-49-47-45-31-29-27-25-23-21-19-17-15-13-11-9-7-2/h8,10,14,16,20,22,26,28,32-33,57,59,65,67,72-73,77H,6-7,9,11-13,15,17-19,21,23-25,27,29-31,34-56,58,60-64,66,68-71H2,1-5H3,(H-,75,78,79,80)/p+1/b10-8-,16-14-,22-20-,28-26-,33-32-,59-57+,67-65+. The fourth-order valence-electron chi connectivity index (χ4n) is 10.4. The predicted molar refractivity (Wildman–Crippen MR) is 364 cm³/mol. The Morgan fingerprint density at radius 1 is 0.422 bits per heavy atom. The molecule has 3 atom stereocenters. The summed E-state index contributed by atoms with van der Waals surface area (Å²) in [6.45, 7) is 4.72. The van der Waals surface area contributed by atoms with Crippen LogP contribution in [0.15, 0.2) is 85.1 Å². The second kappa shape index (κ2) is 64.2. The van der Waals surface area contributed by atoms with Crippen LogP contribution in [0.3, 0.4) is 0 Å². The Labute approximate surface area is 516 Å². The number of hydrogen-bond acceptors (Lipinski definition) is 5. The molecule has 0 aromatic rings. The van der Waals surface area contributed by atoms with Gasteiger partial charge in [0.15, 0.2) is 0 Å². The van der Waals surface area contributed by atoms with Gasteiger partial charge in [0.2, 0.25) is 5.91 Å². The molecule has 0 rings (SSSR count). The third-order valence-corrected chi connectivity index (χ3v) is 16.8. The molecule has 0 bridgehead atoms. The van der Waals surface area contributed by atoms with Crippen molar-refractivity contribution in [3.63, 3.8) is 0 Å². The minimum atomic E-state index is -4.36. The first-order valence-corrected chi connectivity index (χ1v) is 37.0. The molecule has 0 aliphatic rings. The molecule has 9 heteroatoms. The minimum absolute atomic E-state index is 0.0556. The van der Waals surface area contributed by atoms with Crippen molar-refractivity contribution >= 4 is 13.7 Å². The summed E-state index contributed by atoms with van der Waals surface area (Å²) in [7, 11) is 1.56. The largest absolute Gasteiger partial charge is 0.472 e. The quantitative estimate of drug-likeness (QED) is 0.0243. The monoisotopic (exact) mass is 1180 g/mol. The molecule has 0 heterocycles. The number of unbranched alkanes of at least 4 members (excludes halogenated alkanes) is 40. The molecular weight excluding hydrogens is 1040 g/mol. The lowest BCUT2D eigenvalue weighted by Gasteiger charge is -2.25. The van der Waals surface area contributed by atoms with Crippen molar-refractivity contribution in [3.8, 4) is 0 Å². The summed E-state index contributed by atoms with van der Waals surface area (Å²) in [5.74, 6) is -0.183. The fourth-order valence-corrected chi connectivity index (χ4v) is 11.1. The van der Waals surface area contributed by atoms with Crippen molar-refractivity contribution in [3.05, 3.63) is 85.1 Å². The maximum absolute atomic E-state index is 13.1. The molecule has 83 heavy (non-hydrogen) atoms. The highest BCUT2D eigenvalue weighted by Gasteiger charge is 2.28. The number of hydrogen-bond donors (Lipinski definition) is 3. The van der Waals surface area contributed by atoms with Gasteiger partial charge < -0.3 is 19.8 Å². The number of phosphoric acid groups is 1. The summed E-state index contributed by atoms with van der Waals surface area (Å²) >= 11 is 0. The smallest absolute Gasteiger partial charge is 0.387 e. The van der Waals surface area contributed by atoms with E-state index in [1.165, 1.54) is 238 Å². The van der Waals surface area contributed by atoms with E-state index in [1.54, 1.807) is 6.08 Å². The van der Waals surface area contributed by atoms with E-state index >= 15 is 0 Å². The Kier molecular flexibility index (Phi) is 62.4. The summed E-state index contributed by atoms with van der Waals surface area (Å²) in [6.07, 6.45) is 91.7. The zero-order valence-electron chi connectivity index (χ0n) is 55.4. The zero-order valence-corrected chi connectivity index (χ0v) is 56.3. The normalized spacial score (nSPS) is 14.2. The van der Waals surface area contributed by atoms with Crippen molar-refractivity contribution in [1.82, 2.24) is 5.32 Å². The molecular formula is C74H138N2O6P+. The number of carbonyl (C=O) groups is 1. The van der Waals surface area contributed by atoms with Gasteiger partial charge in [-0.15, -0.1) is 0 Å². The van der Waals surface area contributed by atoms with Gasteiger partial charge in [-0.3, -0.25) is 13.8 Å². The maximum Gasteiger partial charge on any atom is 0.472 e. The van der Waals surface area contributed by atoms with E-state index in [1.807, 2.05) is 27.2 Å². The van der Waals surface area contributed by atoms with Crippen LogP contribution in [0.1, 0.15) is 328 Å². The van der Waals surface area contributed by atoms with E-state index in [0.717, 1.165) is 70.6 Å². The van der Waals surface area contributed by atoms with Gasteiger partial charge in [0.05, 0.1) is 39.9 Å². The molecule has 0 aromatic carbocycles. The Morgan fingerprint density at radius 3 is 1.11 bits per heavy atom. The van der Waals surface area contributed by atoms with Crippen molar-refractivity contribution in [1.29, 1.82) is 0 Å². The molecule has 0 aliphatic heterocycles. The van der Waals surface area contributed by atoms with Crippen LogP contribution in [-0.2, 0) is 18.4 Å². The van der Waals surface area contributed by atoms with E-state index < -0.39 is 20.0 Å². The maximum atomic E-state index is 13.1. The van der Waals surface area contributed by atoms with Gasteiger partial charge in [-0.25, -0.2) is 4.57 Å². The second-order valence-electron chi connectivity index (χ2n) is 25.2. The molecule has 3 N–H and O–H groups in total. The third kappa shape index (κ3) is 67.1. The van der Waals surface area contributed by atoms with E-state index in [0.29, 0.717) is 17.4 Å². The number of carbonyl (C=O) groups excluding carboxylic acids is 1. The van der Waals surface area contributed by atoms with Crippen molar-refractivity contribution < 1.29 is 32.9 Å². The lowest BCUT2D eigenvalue weighted by atomic mass is 10.0. The number of aliphatic hydroxyl groups excluding tert-OH is 1. The van der Waals surface area contributed by atoms with Crippen LogP contribution in [0.2, 0.25) is 0 Å². The Bertz CT molecular complexity index is 1630. The van der Waals surface area contributed by atoms with E-state index in [9.17, 15) is 19.4 Å². The number of rotatable bonds is 65. The molecule has 0 radical (unpaired) electrons. The molecule has 484 valence electrons. The Balaban J connectivity index is 4.04. The number of allylic oxidation sites excluding steroid dienone is 13. The summed E-state index contributed by atoms with van der Waals surface area (Å²) < 4.78 is 23.8. The van der Waals surface area contributed by atoms with Crippen LogP contribution < -0.4 is 5.32 Å². The number of phosphoric ester groups is 1. The lowest BCUT2D eigenvalue weighted by Crippen LogP contribution is -2.45. The van der Waals surface area contributed by atoms with Crippen molar-refractivity contribution in [2.75, 3.05) is 40.9 Å². The summed E-state index contributed by atoms with van der Waals surface area (Å²) in [4.78, 5) is 23.4. The van der Waals surface area contributed by atoms with Gasteiger partial charge in [0, 0.05) is 6.42 Å². The highest BCUT2D eigenvalue weighted by atomic mass is 31.2. The van der Waals surface area contributed by atoms with Gasteiger partial charge in [-0.05, 0) is 77.0 Å². The SMILES string of the molecule is CC/C=C\C/C=C\C/C=C\C/C=C\C/C=C\CCCCCCCCCCCCCCCCCCCCCCCC(=O)NC(COP(=O)(O)OCC[N+](C)(C)C)C(O)/C=C/CC/C=C/CCCCCCCCCCCCCCCCCCCC. The van der Waals surface area contributed by atoms with Crippen LogP contribution in [0, 0.1) is 0 Å². The zero-order chi connectivity index (χ0) is 60.5. The first-order valence-electron chi connectivity index (χ1n) is 35.5. The van der Waals surface area contributed by atoms with E-state index in [-0.39, 0.29) is 19.1 Å². The summed E-state index contributed by atoms with van der Waals surface area (Å²) in [5.41, 5.74) is 0. The van der Waals surface area contributed by atoms with Gasteiger partial charge in [-0.2, -0.15) is 0 Å². The molecule has 0 saturated heterocycles. The van der Waals surface area contributed by atoms with E-state index in [4.69, 9.17) is 9.05 Å². The molecule has 8 nitrogen and oxygen atoms in total. The van der Waals surface area contributed by atoms with Crippen LogP contribution in [-0.4, -0.2) is 73.4 Å². The number of nitrogens with zero attached hydrogens (tertiary/aromatic N) is 1. The molecule has 1 amide bonds. The van der Waals surface area contributed by atoms with Crippen LogP contribution in [0.25, 0.3) is 0 Å². The highest BCUT2D eigenvalue weighted by molar-refractivity contribution is 7.47. The van der Waals surface area contributed by atoms with Crippen LogP contribution >= 0.6 is 7.82 Å². The first-order chi connectivity index (χ1) is 40.5.